The molecule has 0 bridgehead atoms. The molecule has 1 aliphatic rings. The molecule has 0 amide bonds. The summed E-state index contributed by atoms with van der Waals surface area (Å²) in [7, 11) is 0. The van der Waals surface area contributed by atoms with Gasteiger partial charge in [0.25, 0.3) is 0 Å². The fourth-order valence-corrected chi connectivity index (χ4v) is 3.08. The van der Waals surface area contributed by atoms with E-state index in [4.69, 9.17) is 4.42 Å². The fraction of sp³-hybridized carbons (Fsp3) is 0.471. The molecular formula is C17H19FO2. The van der Waals surface area contributed by atoms with Crippen molar-refractivity contribution in [2.75, 3.05) is 0 Å². The van der Waals surface area contributed by atoms with Crippen molar-refractivity contribution in [3.8, 4) is 0 Å². The third kappa shape index (κ3) is 2.92. The molecule has 1 saturated carbocycles. The summed E-state index contributed by atoms with van der Waals surface area (Å²) in [6.45, 7) is 0. The lowest BCUT2D eigenvalue weighted by molar-refractivity contribution is 0.0932. The van der Waals surface area contributed by atoms with Crippen molar-refractivity contribution < 1.29 is 13.6 Å². The topological polar surface area (TPSA) is 30.2 Å². The first-order valence-corrected chi connectivity index (χ1v) is 7.45. The number of hydrogen-bond acceptors (Lipinski definition) is 2. The highest BCUT2D eigenvalue weighted by molar-refractivity contribution is 5.97. The van der Waals surface area contributed by atoms with Crippen LogP contribution in [0, 0.1) is 11.7 Å². The van der Waals surface area contributed by atoms with Crippen LogP contribution in [-0.2, 0) is 0 Å². The second kappa shape index (κ2) is 5.78. The number of fused-ring (bicyclic) bond motifs is 1. The molecule has 106 valence electrons. The van der Waals surface area contributed by atoms with Gasteiger partial charge in [0.15, 0.2) is 11.5 Å². The Labute approximate surface area is 118 Å². The third-order valence-electron chi connectivity index (χ3n) is 4.20. The minimum atomic E-state index is -0.305. The molecule has 20 heavy (non-hydrogen) atoms. The highest BCUT2D eigenvalue weighted by Crippen LogP contribution is 2.28. The SMILES string of the molecule is O=C(CC1CCCCCC1)c1cc2cc(F)ccc2o1. The summed E-state index contributed by atoms with van der Waals surface area (Å²) in [4.78, 5) is 12.3. The summed E-state index contributed by atoms with van der Waals surface area (Å²) in [5, 5.41) is 0.661. The van der Waals surface area contributed by atoms with Gasteiger partial charge >= 0.3 is 0 Å². The number of halogens is 1. The predicted octanol–water partition coefficient (Wildman–Crippen LogP) is 5.12. The average molecular weight is 274 g/mol. The van der Waals surface area contributed by atoms with E-state index in [0.29, 0.717) is 29.1 Å². The maximum absolute atomic E-state index is 13.1. The van der Waals surface area contributed by atoms with Crippen LogP contribution < -0.4 is 0 Å². The molecule has 0 radical (unpaired) electrons. The smallest absolute Gasteiger partial charge is 0.198 e. The van der Waals surface area contributed by atoms with Gasteiger partial charge in [0.1, 0.15) is 11.4 Å². The Hall–Kier alpha value is -1.64. The van der Waals surface area contributed by atoms with Crippen LogP contribution in [0.1, 0.15) is 55.5 Å². The van der Waals surface area contributed by atoms with Crippen molar-refractivity contribution in [1.29, 1.82) is 0 Å². The zero-order valence-electron chi connectivity index (χ0n) is 11.5. The minimum Gasteiger partial charge on any atom is -0.453 e. The Morgan fingerprint density at radius 3 is 2.65 bits per heavy atom. The Balaban J connectivity index is 1.74. The van der Waals surface area contributed by atoms with Gasteiger partial charge in [0, 0.05) is 11.8 Å². The van der Waals surface area contributed by atoms with Crippen molar-refractivity contribution in [3.63, 3.8) is 0 Å². The summed E-state index contributed by atoms with van der Waals surface area (Å²) in [6, 6.07) is 6.00. The standard InChI is InChI=1S/C17H19FO2/c18-14-7-8-16-13(10-14)11-17(20-16)15(19)9-12-5-3-1-2-4-6-12/h7-8,10-12H,1-6,9H2. The highest BCUT2D eigenvalue weighted by atomic mass is 19.1. The second-order valence-electron chi connectivity index (χ2n) is 5.78. The number of furan rings is 1. The number of ketones is 1. The van der Waals surface area contributed by atoms with Crippen molar-refractivity contribution >= 4 is 16.8 Å². The summed E-state index contributed by atoms with van der Waals surface area (Å²) >= 11 is 0. The summed E-state index contributed by atoms with van der Waals surface area (Å²) < 4.78 is 18.7. The molecule has 1 fully saturated rings. The first-order valence-electron chi connectivity index (χ1n) is 7.45. The van der Waals surface area contributed by atoms with E-state index in [1.54, 1.807) is 12.1 Å². The molecule has 1 heterocycles. The Morgan fingerprint density at radius 1 is 1.15 bits per heavy atom. The van der Waals surface area contributed by atoms with Gasteiger partial charge in [-0.15, -0.1) is 0 Å². The molecule has 0 N–H and O–H groups in total. The monoisotopic (exact) mass is 274 g/mol. The van der Waals surface area contributed by atoms with Crippen LogP contribution in [0.4, 0.5) is 4.39 Å². The molecule has 0 saturated heterocycles. The first kappa shape index (κ1) is 13.3. The van der Waals surface area contributed by atoms with Gasteiger partial charge in [-0.3, -0.25) is 4.79 Å². The van der Waals surface area contributed by atoms with Gasteiger partial charge in [0.05, 0.1) is 0 Å². The van der Waals surface area contributed by atoms with E-state index in [0.717, 1.165) is 12.8 Å². The van der Waals surface area contributed by atoms with E-state index in [2.05, 4.69) is 0 Å². The van der Waals surface area contributed by atoms with Crippen LogP contribution in [0.25, 0.3) is 11.0 Å². The number of hydrogen-bond donors (Lipinski definition) is 0. The quantitative estimate of drug-likeness (QED) is 0.574. The van der Waals surface area contributed by atoms with E-state index < -0.39 is 0 Å². The second-order valence-corrected chi connectivity index (χ2v) is 5.78. The normalized spacial score (nSPS) is 17.2. The lowest BCUT2D eigenvalue weighted by atomic mass is 9.94. The Kier molecular flexibility index (Phi) is 3.86. The van der Waals surface area contributed by atoms with E-state index in [-0.39, 0.29) is 11.6 Å². The minimum absolute atomic E-state index is 0.0495. The van der Waals surface area contributed by atoms with Gasteiger partial charge in [-0.1, -0.05) is 38.5 Å². The lowest BCUT2D eigenvalue weighted by Crippen LogP contribution is -2.07. The van der Waals surface area contributed by atoms with Crippen LogP contribution in [0.2, 0.25) is 0 Å². The summed E-state index contributed by atoms with van der Waals surface area (Å²) in [5.74, 6) is 0.597. The fourth-order valence-electron chi connectivity index (χ4n) is 3.08. The van der Waals surface area contributed by atoms with Crippen LogP contribution >= 0.6 is 0 Å². The maximum atomic E-state index is 13.1. The molecule has 0 atom stereocenters. The molecule has 2 nitrogen and oxygen atoms in total. The zero-order valence-corrected chi connectivity index (χ0v) is 11.5. The van der Waals surface area contributed by atoms with E-state index in [1.807, 2.05) is 0 Å². The van der Waals surface area contributed by atoms with E-state index in [1.165, 1.54) is 37.8 Å². The van der Waals surface area contributed by atoms with Crippen LogP contribution in [0.3, 0.4) is 0 Å². The molecule has 0 unspecified atom stereocenters. The molecule has 3 heteroatoms. The zero-order chi connectivity index (χ0) is 13.9. The molecule has 2 aromatic rings. The number of rotatable bonds is 3. The Bertz CT molecular complexity index is 606. The van der Waals surface area contributed by atoms with E-state index >= 15 is 0 Å². The largest absolute Gasteiger partial charge is 0.453 e. The van der Waals surface area contributed by atoms with Crippen LogP contribution in [0.5, 0.6) is 0 Å². The van der Waals surface area contributed by atoms with E-state index in [9.17, 15) is 9.18 Å². The molecule has 3 rings (SSSR count). The summed E-state index contributed by atoms with van der Waals surface area (Å²) in [6.07, 6.45) is 7.86. The molecule has 0 aliphatic heterocycles. The predicted molar refractivity (Wildman–Crippen MR) is 76.3 cm³/mol. The number of carbonyl (C=O) groups excluding carboxylic acids is 1. The number of carbonyl (C=O) groups is 1. The summed E-state index contributed by atoms with van der Waals surface area (Å²) in [5.41, 5.74) is 0.579. The van der Waals surface area contributed by atoms with Crippen LogP contribution in [0.15, 0.2) is 28.7 Å². The number of benzene rings is 1. The highest BCUT2D eigenvalue weighted by Gasteiger charge is 2.19. The third-order valence-corrected chi connectivity index (χ3v) is 4.20. The van der Waals surface area contributed by atoms with Crippen molar-refractivity contribution in [2.24, 2.45) is 5.92 Å². The Morgan fingerprint density at radius 2 is 1.90 bits per heavy atom. The lowest BCUT2D eigenvalue weighted by Gasteiger charge is -2.11. The van der Waals surface area contributed by atoms with Crippen molar-refractivity contribution in [1.82, 2.24) is 0 Å². The maximum Gasteiger partial charge on any atom is 0.198 e. The van der Waals surface area contributed by atoms with Gasteiger partial charge < -0.3 is 4.42 Å². The van der Waals surface area contributed by atoms with Crippen LogP contribution in [-0.4, -0.2) is 5.78 Å². The molecular weight excluding hydrogens is 255 g/mol. The molecule has 1 aliphatic carbocycles. The van der Waals surface area contributed by atoms with Gasteiger partial charge in [-0.05, 0) is 30.2 Å². The average Bonchev–Trinajstić information content (AvgIpc) is 2.68. The number of Topliss-reactive ketones (excluding diaryl/α,β-unsaturated/α-hetero) is 1. The van der Waals surface area contributed by atoms with Gasteiger partial charge in [-0.25, -0.2) is 4.39 Å². The van der Waals surface area contributed by atoms with Crippen molar-refractivity contribution in [3.05, 3.63) is 35.8 Å². The molecule has 1 aromatic heterocycles. The molecule has 0 spiro atoms. The van der Waals surface area contributed by atoms with Crippen molar-refractivity contribution in [2.45, 2.75) is 44.9 Å². The van der Waals surface area contributed by atoms with Gasteiger partial charge in [0.2, 0.25) is 0 Å². The first-order chi connectivity index (χ1) is 9.72. The molecule has 1 aromatic carbocycles. The van der Waals surface area contributed by atoms with Gasteiger partial charge in [-0.2, -0.15) is 0 Å².